The second kappa shape index (κ2) is 6.13. The summed E-state index contributed by atoms with van der Waals surface area (Å²) in [4.78, 5) is 14.8. The Kier molecular flexibility index (Phi) is 3.96. The van der Waals surface area contributed by atoms with Crippen LogP contribution in [-0.4, -0.2) is 18.6 Å². The van der Waals surface area contributed by atoms with Gasteiger partial charge in [0.05, 0.1) is 17.2 Å². The van der Waals surface area contributed by atoms with Gasteiger partial charge in [-0.1, -0.05) is 0 Å². The maximum absolute atomic E-state index is 12.6. The smallest absolute Gasteiger partial charge is 0.265 e. The number of rotatable bonds is 4. The van der Waals surface area contributed by atoms with Crippen LogP contribution >= 0.6 is 11.3 Å². The molecule has 2 aromatic rings. The highest BCUT2D eigenvalue weighted by Gasteiger charge is 2.24. The van der Waals surface area contributed by atoms with Crippen LogP contribution in [-0.2, 0) is 19.3 Å². The van der Waals surface area contributed by atoms with Crippen LogP contribution in [0.4, 0.5) is 5.69 Å². The van der Waals surface area contributed by atoms with E-state index in [0.717, 1.165) is 35.5 Å². The lowest BCUT2D eigenvalue weighted by Crippen LogP contribution is -2.12. The van der Waals surface area contributed by atoms with Gasteiger partial charge in [0, 0.05) is 22.9 Å². The van der Waals surface area contributed by atoms with E-state index >= 15 is 0 Å². The Labute approximate surface area is 145 Å². The fourth-order valence-electron chi connectivity index (χ4n) is 3.44. The van der Waals surface area contributed by atoms with Crippen molar-refractivity contribution in [3.63, 3.8) is 0 Å². The van der Waals surface area contributed by atoms with Crippen LogP contribution < -0.4 is 14.8 Å². The number of anilines is 1. The van der Waals surface area contributed by atoms with E-state index < -0.39 is 0 Å². The molecule has 1 aliphatic carbocycles. The zero-order valence-corrected chi connectivity index (χ0v) is 14.8. The number of carbonyl (C=O) groups excluding carboxylic acids is 1. The van der Waals surface area contributed by atoms with Gasteiger partial charge in [-0.3, -0.25) is 4.79 Å². The van der Waals surface area contributed by atoms with Crippen LogP contribution in [0.3, 0.4) is 0 Å². The number of hydrogen-bond acceptors (Lipinski definition) is 4. The van der Waals surface area contributed by atoms with Crippen molar-refractivity contribution in [2.24, 2.45) is 0 Å². The summed E-state index contributed by atoms with van der Waals surface area (Å²) in [6.07, 6.45) is 4.44. The summed E-state index contributed by atoms with van der Waals surface area (Å²) < 4.78 is 11.5. The minimum absolute atomic E-state index is 0.0682. The van der Waals surface area contributed by atoms with Gasteiger partial charge in [0.15, 0.2) is 0 Å². The van der Waals surface area contributed by atoms with Gasteiger partial charge in [-0.2, -0.15) is 0 Å². The van der Waals surface area contributed by atoms with E-state index in [-0.39, 0.29) is 12.0 Å². The molecule has 1 aromatic heterocycles. The molecule has 1 aliphatic heterocycles. The van der Waals surface area contributed by atoms with Crippen LogP contribution in [0.2, 0.25) is 0 Å². The normalized spacial score (nSPS) is 18.0. The average molecular weight is 343 g/mol. The maximum Gasteiger partial charge on any atom is 0.265 e. The molecule has 1 amide bonds. The third-order valence-electron chi connectivity index (χ3n) is 4.52. The van der Waals surface area contributed by atoms with Crippen molar-refractivity contribution in [3.05, 3.63) is 39.1 Å². The summed E-state index contributed by atoms with van der Waals surface area (Å²) >= 11 is 1.61. The number of thiophene rings is 1. The van der Waals surface area contributed by atoms with E-state index in [9.17, 15) is 4.79 Å². The first-order chi connectivity index (χ1) is 11.6. The number of amides is 1. The Hall–Kier alpha value is -2.01. The highest BCUT2D eigenvalue weighted by Crippen LogP contribution is 2.38. The number of carbonyl (C=O) groups is 1. The van der Waals surface area contributed by atoms with Crippen molar-refractivity contribution < 1.29 is 14.3 Å². The van der Waals surface area contributed by atoms with Crippen molar-refractivity contribution in [1.82, 2.24) is 0 Å². The SMILES string of the molecule is CCOc1cc2c(cc1NC(=O)c1cc3c(s1)CCC3)OC(C)C2. The van der Waals surface area contributed by atoms with E-state index in [0.29, 0.717) is 18.0 Å². The number of ether oxygens (including phenoxy) is 2. The Morgan fingerprint density at radius 2 is 2.21 bits per heavy atom. The van der Waals surface area contributed by atoms with E-state index in [4.69, 9.17) is 9.47 Å². The molecule has 0 saturated heterocycles. The molecule has 1 aromatic carbocycles. The summed E-state index contributed by atoms with van der Waals surface area (Å²) in [5, 5.41) is 3.01. The maximum atomic E-state index is 12.6. The Morgan fingerprint density at radius 3 is 3.00 bits per heavy atom. The first-order valence-corrected chi connectivity index (χ1v) is 9.35. The molecule has 0 spiro atoms. The molecule has 126 valence electrons. The lowest BCUT2D eigenvalue weighted by molar-refractivity contribution is 0.103. The summed E-state index contributed by atoms with van der Waals surface area (Å²) in [6, 6.07) is 5.92. The number of benzene rings is 1. The molecule has 0 saturated carbocycles. The Morgan fingerprint density at radius 1 is 1.33 bits per heavy atom. The number of fused-ring (bicyclic) bond motifs is 2. The molecule has 4 nitrogen and oxygen atoms in total. The van der Waals surface area contributed by atoms with Gasteiger partial charge in [-0.25, -0.2) is 0 Å². The molecule has 2 aliphatic rings. The summed E-state index contributed by atoms with van der Waals surface area (Å²) in [5.74, 6) is 1.49. The molecule has 1 N–H and O–H groups in total. The standard InChI is InChI=1S/C19H21NO3S/c1-3-22-16-8-13-7-11(2)23-15(13)10-14(16)20-19(21)18-9-12-5-4-6-17(12)24-18/h8-11H,3-7H2,1-2H3,(H,20,21). The topological polar surface area (TPSA) is 47.6 Å². The molecular weight excluding hydrogens is 322 g/mol. The van der Waals surface area contributed by atoms with Crippen molar-refractivity contribution in [3.8, 4) is 11.5 Å². The van der Waals surface area contributed by atoms with Crippen molar-refractivity contribution >= 4 is 22.9 Å². The van der Waals surface area contributed by atoms with Gasteiger partial charge in [0.2, 0.25) is 0 Å². The van der Waals surface area contributed by atoms with Gasteiger partial charge in [0.25, 0.3) is 5.91 Å². The average Bonchev–Trinajstić information content (AvgIpc) is 3.20. The second-order valence-electron chi connectivity index (χ2n) is 6.39. The fraction of sp³-hybridized carbons (Fsp3) is 0.421. The van der Waals surface area contributed by atoms with Crippen molar-refractivity contribution in [2.45, 2.75) is 45.6 Å². The van der Waals surface area contributed by atoms with Crippen LogP contribution in [0.5, 0.6) is 11.5 Å². The molecule has 2 heterocycles. The first-order valence-electron chi connectivity index (χ1n) is 8.53. The summed E-state index contributed by atoms with van der Waals surface area (Å²) in [6.45, 7) is 4.55. The van der Waals surface area contributed by atoms with Gasteiger partial charge in [0.1, 0.15) is 17.6 Å². The highest BCUT2D eigenvalue weighted by molar-refractivity contribution is 7.14. The van der Waals surface area contributed by atoms with Gasteiger partial charge in [-0.15, -0.1) is 11.3 Å². The molecular formula is C19H21NO3S. The van der Waals surface area contributed by atoms with Gasteiger partial charge in [-0.05, 0) is 50.8 Å². The number of aryl methyl sites for hydroxylation is 2. The molecule has 0 radical (unpaired) electrons. The van der Waals surface area contributed by atoms with Crippen molar-refractivity contribution in [1.29, 1.82) is 0 Å². The van der Waals surface area contributed by atoms with E-state index in [1.807, 2.05) is 32.0 Å². The van der Waals surface area contributed by atoms with Crippen molar-refractivity contribution in [2.75, 3.05) is 11.9 Å². The van der Waals surface area contributed by atoms with Gasteiger partial charge < -0.3 is 14.8 Å². The number of nitrogens with one attached hydrogen (secondary N) is 1. The van der Waals surface area contributed by atoms with Crippen LogP contribution in [0.25, 0.3) is 0 Å². The quantitative estimate of drug-likeness (QED) is 0.904. The molecule has 0 bridgehead atoms. The minimum atomic E-state index is -0.0682. The van der Waals surface area contributed by atoms with Crippen LogP contribution in [0.15, 0.2) is 18.2 Å². The van der Waals surface area contributed by atoms with E-state index in [2.05, 4.69) is 5.32 Å². The van der Waals surface area contributed by atoms with E-state index in [1.165, 1.54) is 16.9 Å². The second-order valence-corrected chi connectivity index (χ2v) is 7.53. The third kappa shape index (κ3) is 2.77. The zero-order chi connectivity index (χ0) is 16.7. The van der Waals surface area contributed by atoms with Crippen LogP contribution in [0, 0.1) is 0 Å². The molecule has 24 heavy (non-hydrogen) atoms. The highest BCUT2D eigenvalue weighted by atomic mass is 32.1. The molecule has 0 fully saturated rings. The zero-order valence-electron chi connectivity index (χ0n) is 14.0. The summed E-state index contributed by atoms with van der Waals surface area (Å²) in [5.41, 5.74) is 3.16. The monoisotopic (exact) mass is 343 g/mol. The van der Waals surface area contributed by atoms with Crippen LogP contribution in [0.1, 0.15) is 45.9 Å². The molecule has 5 heteroatoms. The Balaban J connectivity index is 1.60. The summed E-state index contributed by atoms with van der Waals surface area (Å²) in [7, 11) is 0. The third-order valence-corrected chi connectivity index (χ3v) is 5.75. The lowest BCUT2D eigenvalue weighted by Gasteiger charge is -2.13. The Bertz CT molecular complexity index is 775. The molecule has 1 unspecified atom stereocenters. The lowest BCUT2D eigenvalue weighted by atomic mass is 10.1. The molecule has 4 rings (SSSR count). The predicted molar refractivity (Wildman–Crippen MR) is 95.7 cm³/mol. The largest absolute Gasteiger partial charge is 0.492 e. The van der Waals surface area contributed by atoms with Gasteiger partial charge >= 0.3 is 0 Å². The number of hydrogen-bond donors (Lipinski definition) is 1. The van der Waals surface area contributed by atoms with E-state index in [1.54, 1.807) is 11.3 Å². The minimum Gasteiger partial charge on any atom is -0.492 e. The first kappa shape index (κ1) is 15.5. The molecule has 1 atom stereocenters. The predicted octanol–water partition coefficient (Wildman–Crippen LogP) is 4.21. The fourth-order valence-corrected chi connectivity index (χ4v) is 4.59.